The molecule has 0 aliphatic rings. The summed E-state index contributed by atoms with van der Waals surface area (Å²) in [4.78, 5) is 8.24. The molecule has 0 amide bonds. The fraction of sp³-hybridized carbons (Fsp3) is 0.231. The van der Waals surface area contributed by atoms with E-state index in [2.05, 4.69) is 22.3 Å². The van der Waals surface area contributed by atoms with Gasteiger partial charge in [0, 0.05) is 36.0 Å². The molecule has 2 aromatic rings. The Kier molecular flexibility index (Phi) is 3.86. The highest BCUT2D eigenvalue weighted by atomic mass is 15.2. The van der Waals surface area contributed by atoms with E-state index in [1.807, 2.05) is 12.3 Å². The van der Waals surface area contributed by atoms with Gasteiger partial charge in [-0.15, -0.1) is 0 Å². The molecule has 1 unspecified atom stereocenters. The van der Waals surface area contributed by atoms with Gasteiger partial charge in [-0.25, -0.2) is 5.43 Å². The molecule has 0 aliphatic heterocycles. The Morgan fingerprint density at radius 1 is 1.17 bits per heavy atom. The minimum Gasteiger partial charge on any atom is -0.398 e. The number of nitrogens with zero attached hydrogens (tertiary/aromatic N) is 2. The van der Waals surface area contributed by atoms with Crippen LogP contribution in [0.25, 0.3) is 0 Å². The summed E-state index contributed by atoms with van der Waals surface area (Å²) >= 11 is 0. The van der Waals surface area contributed by atoms with Crippen molar-refractivity contribution >= 4 is 5.69 Å². The van der Waals surface area contributed by atoms with E-state index in [0.29, 0.717) is 5.69 Å². The highest BCUT2D eigenvalue weighted by Crippen LogP contribution is 2.27. The molecule has 2 heterocycles. The SMILES string of the molecule is CCc1cnccc1C(NN)c1cnccc1N. The summed E-state index contributed by atoms with van der Waals surface area (Å²) in [6.07, 6.45) is 7.90. The maximum atomic E-state index is 5.97. The first kappa shape index (κ1) is 12.5. The van der Waals surface area contributed by atoms with Crippen LogP contribution in [0.1, 0.15) is 29.7 Å². The lowest BCUT2D eigenvalue weighted by atomic mass is 9.95. The fourth-order valence-electron chi connectivity index (χ4n) is 2.02. The van der Waals surface area contributed by atoms with Gasteiger partial charge in [-0.3, -0.25) is 15.8 Å². The van der Waals surface area contributed by atoms with Crippen LogP contribution >= 0.6 is 0 Å². The molecule has 0 saturated carbocycles. The summed E-state index contributed by atoms with van der Waals surface area (Å²) in [6.45, 7) is 2.08. The number of hydrazine groups is 1. The highest BCUT2D eigenvalue weighted by molar-refractivity contribution is 5.50. The van der Waals surface area contributed by atoms with Crippen LogP contribution in [0.3, 0.4) is 0 Å². The molecular weight excluding hydrogens is 226 g/mol. The Bertz CT molecular complexity index is 526. The van der Waals surface area contributed by atoms with Crippen LogP contribution < -0.4 is 17.0 Å². The van der Waals surface area contributed by atoms with Gasteiger partial charge in [-0.2, -0.15) is 0 Å². The molecule has 0 fully saturated rings. The first-order valence-corrected chi connectivity index (χ1v) is 5.86. The van der Waals surface area contributed by atoms with E-state index >= 15 is 0 Å². The van der Waals surface area contributed by atoms with Crippen molar-refractivity contribution in [1.82, 2.24) is 15.4 Å². The molecule has 2 aromatic heterocycles. The number of anilines is 1. The predicted octanol–water partition coefficient (Wildman–Crippen LogP) is 1.17. The zero-order valence-electron chi connectivity index (χ0n) is 10.3. The number of aromatic nitrogens is 2. The van der Waals surface area contributed by atoms with Crippen LogP contribution in [0.15, 0.2) is 36.9 Å². The van der Waals surface area contributed by atoms with Crippen molar-refractivity contribution < 1.29 is 0 Å². The van der Waals surface area contributed by atoms with E-state index < -0.39 is 0 Å². The van der Waals surface area contributed by atoms with Crippen molar-refractivity contribution in [2.24, 2.45) is 5.84 Å². The van der Waals surface area contributed by atoms with Crippen LogP contribution in [0.2, 0.25) is 0 Å². The lowest BCUT2D eigenvalue weighted by molar-refractivity contribution is 0.630. The maximum absolute atomic E-state index is 5.97. The molecule has 1 atom stereocenters. The number of hydrogen-bond acceptors (Lipinski definition) is 5. The van der Waals surface area contributed by atoms with E-state index in [1.165, 1.54) is 0 Å². The number of aryl methyl sites for hydroxylation is 1. The molecule has 0 aromatic carbocycles. The Morgan fingerprint density at radius 2 is 1.89 bits per heavy atom. The third-order valence-electron chi connectivity index (χ3n) is 3.00. The quantitative estimate of drug-likeness (QED) is 0.554. The molecule has 0 aliphatic carbocycles. The number of rotatable bonds is 4. The van der Waals surface area contributed by atoms with Crippen molar-refractivity contribution in [2.75, 3.05) is 5.73 Å². The molecule has 0 spiro atoms. The third-order valence-corrected chi connectivity index (χ3v) is 3.00. The van der Waals surface area contributed by atoms with E-state index in [4.69, 9.17) is 11.6 Å². The molecule has 5 N–H and O–H groups in total. The topological polar surface area (TPSA) is 89.8 Å². The second-order valence-electron chi connectivity index (χ2n) is 4.03. The zero-order chi connectivity index (χ0) is 13.0. The minimum atomic E-state index is -0.170. The standard InChI is InChI=1S/C13H17N5/c1-2-9-7-16-5-3-10(9)13(18-15)11-8-17-6-4-12(11)14/h3-8,13,18H,2,15H2,1H3,(H2,14,17). The number of pyridine rings is 2. The van der Waals surface area contributed by atoms with Crippen molar-refractivity contribution in [3.8, 4) is 0 Å². The van der Waals surface area contributed by atoms with Gasteiger partial charge in [0.2, 0.25) is 0 Å². The number of hydrogen-bond donors (Lipinski definition) is 3. The van der Waals surface area contributed by atoms with Crippen LogP contribution in [-0.4, -0.2) is 9.97 Å². The summed E-state index contributed by atoms with van der Waals surface area (Å²) in [7, 11) is 0. The molecule has 18 heavy (non-hydrogen) atoms. The van der Waals surface area contributed by atoms with Gasteiger partial charge in [0.15, 0.2) is 0 Å². The van der Waals surface area contributed by atoms with Crippen molar-refractivity contribution in [3.63, 3.8) is 0 Å². The third kappa shape index (κ3) is 2.32. The summed E-state index contributed by atoms with van der Waals surface area (Å²) < 4.78 is 0. The van der Waals surface area contributed by atoms with Crippen LogP contribution in [0, 0.1) is 0 Å². The molecule has 0 bridgehead atoms. The molecule has 5 heteroatoms. The van der Waals surface area contributed by atoms with Gasteiger partial charge < -0.3 is 5.73 Å². The monoisotopic (exact) mass is 243 g/mol. The van der Waals surface area contributed by atoms with Crippen LogP contribution in [-0.2, 0) is 6.42 Å². The predicted molar refractivity (Wildman–Crippen MR) is 71.4 cm³/mol. The van der Waals surface area contributed by atoms with Gasteiger partial charge >= 0.3 is 0 Å². The van der Waals surface area contributed by atoms with Gasteiger partial charge in [0.05, 0.1) is 6.04 Å². The first-order chi connectivity index (χ1) is 8.77. The summed E-state index contributed by atoms with van der Waals surface area (Å²) in [6, 6.07) is 3.55. The molecule has 0 radical (unpaired) electrons. The van der Waals surface area contributed by atoms with E-state index in [9.17, 15) is 0 Å². The first-order valence-electron chi connectivity index (χ1n) is 5.86. The Labute approximate surface area is 106 Å². The molecule has 5 nitrogen and oxygen atoms in total. The highest BCUT2D eigenvalue weighted by Gasteiger charge is 2.17. The van der Waals surface area contributed by atoms with Crippen molar-refractivity contribution in [2.45, 2.75) is 19.4 Å². The molecule has 94 valence electrons. The second kappa shape index (κ2) is 5.57. The van der Waals surface area contributed by atoms with Crippen molar-refractivity contribution in [3.05, 3.63) is 53.6 Å². The average molecular weight is 243 g/mol. The molecule has 2 rings (SSSR count). The van der Waals surface area contributed by atoms with Gasteiger partial charge in [0.25, 0.3) is 0 Å². The molecular formula is C13H17N5. The summed E-state index contributed by atoms with van der Waals surface area (Å²) in [5, 5.41) is 0. The van der Waals surface area contributed by atoms with E-state index in [0.717, 1.165) is 23.1 Å². The van der Waals surface area contributed by atoms with Crippen LogP contribution in [0.5, 0.6) is 0 Å². The Hall–Kier alpha value is -1.98. The Morgan fingerprint density at radius 3 is 2.56 bits per heavy atom. The number of nitrogens with two attached hydrogens (primary N) is 2. The Balaban J connectivity index is 2.49. The van der Waals surface area contributed by atoms with E-state index in [1.54, 1.807) is 24.7 Å². The smallest absolute Gasteiger partial charge is 0.0749 e. The average Bonchev–Trinajstić information content (AvgIpc) is 2.42. The number of nitrogens with one attached hydrogen (secondary N) is 1. The van der Waals surface area contributed by atoms with Crippen molar-refractivity contribution in [1.29, 1.82) is 0 Å². The minimum absolute atomic E-state index is 0.170. The van der Waals surface area contributed by atoms with Gasteiger partial charge in [-0.1, -0.05) is 6.92 Å². The van der Waals surface area contributed by atoms with Gasteiger partial charge in [0.1, 0.15) is 0 Å². The van der Waals surface area contributed by atoms with Gasteiger partial charge in [-0.05, 0) is 29.7 Å². The normalized spacial score (nSPS) is 12.3. The summed E-state index contributed by atoms with van der Waals surface area (Å²) in [5.74, 6) is 5.68. The molecule has 0 saturated heterocycles. The summed E-state index contributed by atoms with van der Waals surface area (Å²) in [5.41, 5.74) is 12.5. The number of nitrogen functional groups attached to an aromatic ring is 1. The lowest BCUT2D eigenvalue weighted by Gasteiger charge is -2.20. The second-order valence-corrected chi connectivity index (χ2v) is 4.03. The van der Waals surface area contributed by atoms with E-state index in [-0.39, 0.29) is 6.04 Å². The fourth-order valence-corrected chi connectivity index (χ4v) is 2.02. The largest absolute Gasteiger partial charge is 0.398 e. The zero-order valence-corrected chi connectivity index (χ0v) is 10.3. The maximum Gasteiger partial charge on any atom is 0.0749 e. The lowest BCUT2D eigenvalue weighted by Crippen LogP contribution is -2.30. The van der Waals surface area contributed by atoms with Crippen LogP contribution in [0.4, 0.5) is 5.69 Å².